The van der Waals surface area contributed by atoms with E-state index < -0.39 is 18.9 Å². The third-order valence-electron chi connectivity index (χ3n) is 6.55. The third kappa shape index (κ3) is 4.63. The molecule has 1 fully saturated rings. The molecule has 2 aliphatic carbocycles. The molecule has 0 aromatic carbocycles. The molecule has 0 saturated heterocycles. The molecular weight excluding hydrogens is 448 g/mol. The molecule has 180 valence electrons. The van der Waals surface area contributed by atoms with Crippen LogP contribution in [0.25, 0.3) is 16.7 Å². The summed E-state index contributed by atoms with van der Waals surface area (Å²) < 4.78 is 54.6. The second kappa shape index (κ2) is 8.96. The minimum absolute atomic E-state index is 0.0686. The highest BCUT2D eigenvalue weighted by atomic mass is 19.3. The molecule has 3 aromatic rings. The number of nitrogens with one attached hydrogen (secondary N) is 1. The Morgan fingerprint density at radius 3 is 2.71 bits per heavy atom. The molecule has 10 heteroatoms. The van der Waals surface area contributed by atoms with Gasteiger partial charge < -0.3 is 9.88 Å². The van der Waals surface area contributed by atoms with Crippen molar-refractivity contribution in [2.75, 3.05) is 5.32 Å². The molecule has 3 heterocycles. The lowest BCUT2D eigenvalue weighted by Gasteiger charge is -2.28. The molecule has 0 aliphatic heterocycles. The number of rotatable bonds is 5. The van der Waals surface area contributed by atoms with Crippen molar-refractivity contribution in [3.63, 3.8) is 0 Å². The van der Waals surface area contributed by atoms with Crippen LogP contribution in [0.1, 0.15) is 61.3 Å². The van der Waals surface area contributed by atoms with Crippen molar-refractivity contribution in [1.29, 1.82) is 0 Å². The molecule has 6 nitrogen and oxygen atoms in total. The molecule has 0 bridgehead atoms. The fourth-order valence-corrected chi connectivity index (χ4v) is 4.76. The van der Waals surface area contributed by atoms with E-state index in [2.05, 4.69) is 21.4 Å². The van der Waals surface area contributed by atoms with Gasteiger partial charge in [0, 0.05) is 36.2 Å². The number of hydrogen-bond donors (Lipinski definition) is 1. The van der Waals surface area contributed by atoms with E-state index in [-0.39, 0.29) is 18.9 Å². The van der Waals surface area contributed by atoms with Crippen molar-refractivity contribution in [2.45, 2.75) is 76.8 Å². The van der Waals surface area contributed by atoms with Crippen LogP contribution >= 0.6 is 0 Å². The van der Waals surface area contributed by atoms with Crippen molar-refractivity contribution in [2.24, 2.45) is 0 Å². The van der Waals surface area contributed by atoms with Gasteiger partial charge in [-0.3, -0.25) is 0 Å². The number of fused-ring (bicyclic) bond motifs is 2. The Hall–Kier alpha value is -3.04. The van der Waals surface area contributed by atoms with Gasteiger partial charge in [-0.2, -0.15) is 0 Å². The highest BCUT2D eigenvalue weighted by Crippen LogP contribution is 2.35. The first kappa shape index (κ1) is 22.7. The van der Waals surface area contributed by atoms with Crippen molar-refractivity contribution < 1.29 is 17.6 Å². The normalized spacial score (nSPS) is 18.6. The summed E-state index contributed by atoms with van der Waals surface area (Å²) in [6, 6.07) is 3.57. The second-order valence-electron chi connectivity index (χ2n) is 9.04. The molecule has 34 heavy (non-hydrogen) atoms. The molecule has 1 saturated carbocycles. The first-order valence-corrected chi connectivity index (χ1v) is 11.6. The number of pyridine rings is 1. The number of imidazole rings is 1. The first-order valence-electron chi connectivity index (χ1n) is 11.6. The van der Waals surface area contributed by atoms with Crippen molar-refractivity contribution in [3.05, 3.63) is 47.2 Å². The van der Waals surface area contributed by atoms with Crippen LogP contribution in [0.15, 0.2) is 24.4 Å². The third-order valence-corrected chi connectivity index (χ3v) is 6.55. The maximum Gasteiger partial charge on any atom is 0.256 e. The van der Waals surface area contributed by atoms with Crippen LogP contribution < -0.4 is 5.32 Å². The van der Waals surface area contributed by atoms with Gasteiger partial charge in [-0.1, -0.05) is 6.08 Å². The van der Waals surface area contributed by atoms with E-state index in [1.54, 1.807) is 19.2 Å². The van der Waals surface area contributed by atoms with Crippen molar-refractivity contribution >= 4 is 22.7 Å². The molecule has 0 unspecified atom stereocenters. The number of alkyl halides is 4. The maximum atomic E-state index is 13.5. The van der Waals surface area contributed by atoms with Gasteiger partial charge in [0.15, 0.2) is 5.65 Å². The smallest absolute Gasteiger partial charge is 0.256 e. The first-order chi connectivity index (χ1) is 16.3. The number of allylic oxidation sites excluding steroid dienone is 1. The lowest BCUT2D eigenvalue weighted by Crippen LogP contribution is -2.32. The summed E-state index contributed by atoms with van der Waals surface area (Å²) in [5.74, 6) is -1.64. The van der Waals surface area contributed by atoms with Crippen LogP contribution in [0.2, 0.25) is 0 Å². The average molecular weight is 475 g/mol. The van der Waals surface area contributed by atoms with Crippen molar-refractivity contribution in [3.8, 4) is 0 Å². The quantitative estimate of drug-likeness (QED) is 0.491. The van der Waals surface area contributed by atoms with Gasteiger partial charge >= 0.3 is 0 Å². The van der Waals surface area contributed by atoms with E-state index >= 15 is 0 Å². The summed E-state index contributed by atoms with van der Waals surface area (Å²) >= 11 is 0. The van der Waals surface area contributed by atoms with E-state index in [1.165, 1.54) is 4.57 Å². The van der Waals surface area contributed by atoms with E-state index in [9.17, 15) is 17.6 Å². The zero-order valence-electron chi connectivity index (χ0n) is 18.9. The van der Waals surface area contributed by atoms with Gasteiger partial charge in [0.2, 0.25) is 11.9 Å². The number of nitrogens with zero attached hydrogens (tertiary/aromatic N) is 5. The van der Waals surface area contributed by atoms with E-state index in [0.29, 0.717) is 41.5 Å². The summed E-state index contributed by atoms with van der Waals surface area (Å²) in [4.78, 5) is 18.2. The number of halogens is 4. The molecule has 0 spiro atoms. The zero-order chi connectivity index (χ0) is 23.9. The summed E-state index contributed by atoms with van der Waals surface area (Å²) in [6.07, 6.45) is 4.30. The summed E-state index contributed by atoms with van der Waals surface area (Å²) in [7, 11) is 0. The Bertz CT molecular complexity index is 1230. The van der Waals surface area contributed by atoms with Crippen LogP contribution in [0, 0.1) is 6.92 Å². The Labute approximate surface area is 194 Å². The number of aromatic nitrogens is 5. The molecule has 3 aromatic heterocycles. The Morgan fingerprint density at radius 2 is 1.94 bits per heavy atom. The molecule has 5 rings (SSSR count). The predicted octanol–water partition coefficient (Wildman–Crippen LogP) is 5.55. The van der Waals surface area contributed by atoms with E-state index in [1.807, 2.05) is 6.07 Å². The molecule has 0 atom stereocenters. The molecular formula is C24H26F4N6. The summed E-state index contributed by atoms with van der Waals surface area (Å²) in [6.45, 7) is 1.24. The fraction of sp³-hybridized carbons (Fsp3) is 0.500. The molecule has 2 aliphatic rings. The van der Waals surface area contributed by atoms with Gasteiger partial charge in [0.25, 0.3) is 6.43 Å². The number of anilines is 1. The van der Waals surface area contributed by atoms with E-state index in [4.69, 9.17) is 9.97 Å². The minimum Gasteiger partial charge on any atom is -0.351 e. The Kier molecular flexibility index (Phi) is 5.99. The van der Waals surface area contributed by atoms with E-state index in [0.717, 1.165) is 36.1 Å². The zero-order valence-corrected chi connectivity index (χ0v) is 18.9. The van der Waals surface area contributed by atoms with Crippen LogP contribution in [0.4, 0.5) is 23.5 Å². The second-order valence-corrected chi connectivity index (χ2v) is 9.04. The number of hydrogen-bond acceptors (Lipinski definition) is 5. The molecule has 0 radical (unpaired) electrons. The highest BCUT2D eigenvalue weighted by molar-refractivity contribution is 5.83. The molecule has 1 N–H and O–H groups in total. The topological polar surface area (TPSA) is 68.5 Å². The van der Waals surface area contributed by atoms with Crippen LogP contribution in [0.3, 0.4) is 0 Å². The summed E-state index contributed by atoms with van der Waals surface area (Å²) in [5.41, 5.74) is 4.23. The van der Waals surface area contributed by atoms with Gasteiger partial charge in [0.1, 0.15) is 11.3 Å². The van der Waals surface area contributed by atoms with Gasteiger partial charge in [-0.05, 0) is 51.2 Å². The lowest BCUT2D eigenvalue weighted by molar-refractivity contribution is -0.0361. The molecule has 0 amide bonds. The fourth-order valence-electron chi connectivity index (χ4n) is 4.76. The number of aryl methyl sites for hydroxylation is 2. The summed E-state index contributed by atoms with van der Waals surface area (Å²) in [5, 5.41) is 3.22. The Balaban J connectivity index is 1.44. The maximum absolute atomic E-state index is 13.5. The Morgan fingerprint density at radius 1 is 1.15 bits per heavy atom. The van der Waals surface area contributed by atoms with Gasteiger partial charge in [-0.25, -0.2) is 37.5 Å². The SMILES string of the molecule is Cc1nc2ccc(C3=CCCCc4nc(NC5CCC(F)(F)CC5)ncc43)nc2n1CC(F)F. The highest BCUT2D eigenvalue weighted by Gasteiger charge is 2.35. The standard InChI is InChI=1S/C24H26F4N6/c1-14-30-20-7-6-19(32-22(20)34(14)13-21(25)26)16-4-2-3-5-18-17(16)12-29-23(33-18)31-15-8-10-24(27,28)11-9-15/h4,6-7,12,15,21H,2-3,5,8-11,13H2,1H3,(H,29,31,33). The van der Waals surface area contributed by atoms with Crippen molar-refractivity contribution in [1.82, 2.24) is 24.5 Å². The largest absolute Gasteiger partial charge is 0.351 e. The van der Waals surface area contributed by atoms with Crippen LogP contribution in [0.5, 0.6) is 0 Å². The average Bonchev–Trinajstić information content (AvgIpc) is 2.96. The minimum atomic E-state index is -2.58. The predicted molar refractivity (Wildman–Crippen MR) is 121 cm³/mol. The monoisotopic (exact) mass is 474 g/mol. The van der Waals surface area contributed by atoms with Gasteiger partial charge in [0.05, 0.1) is 17.9 Å². The van der Waals surface area contributed by atoms with Gasteiger partial charge in [-0.15, -0.1) is 0 Å². The van der Waals surface area contributed by atoms with Crippen LogP contribution in [-0.4, -0.2) is 42.9 Å². The van der Waals surface area contributed by atoms with Crippen LogP contribution in [-0.2, 0) is 13.0 Å². The lowest BCUT2D eigenvalue weighted by atomic mass is 9.92.